The summed E-state index contributed by atoms with van der Waals surface area (Å²) < 4.78 is 10.6. The molecule has 0 bridgehead atoms. The summed E-state index contributed by atoms with van der Waals surface area (Å²) in [6.07, 6.45) is 0. The van der Waals surface area contributed by atoms with Gasteiger partial charge in [0.15, 0.2) is 0 Å². The molecule has 1 aromatic carbocycles. The van der Waals surface area contributed by atoms with Crippen molar-refractivity contribution in [3.05, 3.63) is 28.3 Å². The Morgan fingerprint density at radius 3 is 2.50 bits per heavy atom. The van der Waals surface area contributed by atoms with Crippen LogP contribution in [0.3, 0.4) is 0 Å². The number of carboxylic acids is 1. The van der Waals surface area contributed by atoms with Gasteiger partial charge in [-0.3, -0.25) is 10.1 Å². The quantitative estimate of drug-likeness (QED) is 0.586. The Balaban J connectivity index is 3.05. The molecule has 0 aliphatic rings. The second-order valence-electron chi connectivity index (χ2n) is 6.49. The van der Waals surface area contributed by atoms with E-state index in [0.29, 0.717) is 24.0 Å². The van der Waals surface area contributed by atoms with Crippen LogP contribution in [0.15, 0.2) is 12.1 Å². The normalized spacial score (nSPS) is 12.9. The van der Waals surface area contributed by atoms with Crippen LogP contribution in [0, 0.1) is 0 Å². The van der Waals surface area contributed by atoms with Crippen LogP contribution in [0.2, 0.25) is 5.02 Å². The number of benzene rings is 1. The minimum atomic E-state index is -1.10. The van der Waals surface area contributed by atoms with E-state index in [2.05, 4.69) is 26.1 Å². The summed E-state index contributed by atoms with van der Waals surface area (Å²) in [5.74, 6) is -0.528. The first-order valence-electron chi connectivity index (χ1n) is 7.72. The van der Waals surface area contributed by atoms with Gasteiger partial charge in [0.2, 0.25) is 0 Å². The van der Waals surface area contributed by atoms with E-state index in [1.54, 1.807) is 13.2 Å². The van der Waals surface area contributed by atoms with Crippen LogP contribution in [0.5, 0.6) is 5.75 Å². The fourth-order valence-corrected chi connectivity index (χ4v) is 2.49. The van der Waals surface area contributed by atoms with Gasteiger partial charge in [0.1, 0.15) is 18.4 Å². The minimum absolute atomic E-state index is 0.182. The van der Waals surface area contributed by atoms with E-state index in [0.717, 1.165) is 11.1 Å². The van der Waals surface area contributed by atoms with Crippen molar-refractivity contribution in [3.63, 3.8) is 0 Å². The molecule has 7 heteroatoms. The molecular weight excluding hydrogens is 334 g/mol. The highest BCUT2D eigenvalue weighted by molar-refractivity contribution is 6.32. The Kier molecular flexibility index (Phi) is 7.96. The molecule has 0 unspecified atom stereocenters. The molecule has 0 heterocycles. The maximum absolute atomic E-state index is 11.0. The molecule has 0 spiro atoms. The molecule has 0 aromatic heterocycles. The van der Waals surface area contributed by atoms with E-state index in [9.17, 15) is 4.79 Å². The zero-order valence-electron chi connectivity index (χ0n) is 14.6. The summed E-state index contributed by atoms with van der Waals surface area (Å²) >= 11 is 6.28. The zero-order chi connectivity index (χ0) is 18.3. The van der Waals surface area contributed by atoms with Gasteiger partial charge in [-0.25, -0.2) is 0 Å². The molecule has 0 aliphatic carbocycles. The lowest BCUT2D eigenvalue weighted by molar-refractivity contribution is -0.140. The molecule has 0 amide bonds. The predicted octanol–water partition coefficient (Wildman–Crippen LogP) is 2.20. The largest absolute Gasteiger partial charge is 0.490 e. The van der Waals surface area contributed by atoms with Gasteiger partial charge in [0, 0.05) is 13.7 Å². The van der Waals surface area contributed by atoms with Gasteiger partial charge >= 0.3 is 5.97 Å². The third-order valence-electron chi connectivity index (χ3n) is 3.53. The van der Waals surface area contributed by atoms with Crippen molar-refractivity contribution in [1.29, 1.82) is 0 Å². The van der Waals surface area contributed by atoms with Crippen molar-refractivity contribution in [1.82, 2.24) is 5.32 Å². The number of aliphatic hydroxyl groups is 1. The van der Waals surface area contributed by atoms with Gasteiger partial charge < -0.3 is 19.7 Å². The van der Waals surface area contributed by atoms with Gasteiger partial charge in [-0.05, 0) is 28.7 Å². The number of rotatable bonds is 9. The highest BCUT2D eigenvalue weighted by Gasteiger charge is 2.22. The Hall–Kier alpha value is -1.34. The highest BCUT2D eigenvalue weighted by atomic mass is 35.5. The molecule has 0 fully saturated rings. The molecule has 24 heavy (non-hydrogen) atoms. The fraction of sp³-hybridized carbons (Fsp3) is 0.588. The number of carboxylic acid groups (broad SMARTS) is 1. The van der Waals surface area contributed by atoms with Gasteiger partial charge in [-0.15, -0.1) is 0 Å². The lowest BCUT2D eigenvalue weighted by Crippen LogP contribution is -2.39. The summed E-state index contributed by atoms with van der Waals surface area (Å²) in [6.45, 7) is 6.82. The number of carbonyl (C=O) groups is 1. The first-order chi connectivity index (χ1) is 11.2. The highest BCUT2D eigenvalue weighted by Crippen LogP contribution is 2.34. The molecule has 0 saturated carbocycles. The van der Waals surface area contributed by atoms with Crippen LogP contribution in [0.1, 0.15) is 31.9 Å². The molecule has 6 nitrogen and oxygen atoms in total. The topological polar surface area (TPSA) is 88.0 Å². The maximum atomic E-state index is 11.0. The summed E-state index contributed by atoms with van der Waals surface area (Å²) in [4.78, 5) is 11.0. The summed E-state index contributed by atoms with van der Waals surface area (Å²) in [7, 11) is 1.60. The second-order valence-corrected chi connectivity index (χ2v) is 6.89. The first kappa shape index (κ1) is 20.7. The number of hydrogen-bond donors (Lipinski definition) is 3. The van der Waals surface area contributed by atoms with E-state index >= 15 is 0 Å². The molecular formula is C17H26ClNO5. The zero-order valence-corrected chi connectivity index (χ0v) is 15.3. The Morgan fingerprint density at radius 2 is 2.00 bits per heavy atom. The van der Waals surface area contributed by atoms with Crippen molar-refractivity contribution >= 4 is 17.6 Å². The van der Waals surface area contributed by atoms with E-state index in [-0.39, 0.29) is 12.0 Å². The average Bonchev–Trinajstić information content (AvgIpc) is 2.48. The minimum Gasteiger partial charge on any atom is -0.490 e. The third-order valence-corrected chi connectivity index (χ3v) is 3.83. The van der Waals surface area contributed by atoms with Crippen molar-refractivity contribution in [2.45, 2.75) is 38.8 Å². The number of aliphatic carboxylic acids is 1. The third kappa shape index (κ3) is 5.94. The molecule has 136 valence electrons. The molecule has 1 rings (SSSR count). The number of methoxy groups -OCH3 is 1. The second kappa shape index (κ2) is 9.22. The van der Waals surface area contributed by atoms with Crippen LogP contribution in [0.4, 0.5) is 0 Å². The SMILES string of the molecule is COCCOc1cc(C(C)(C)C)c(CN[C@@H](CO)C(=O)O)cc1Cl. The molecule has 3 N–H and O–H groups in total. The van der Waals surface area contributed by atoms with E-state index < -0.39 is 18.6 Å². The predicted molar refractivity (Wildman–Crippen MR) is 92.9 cm³/mol. The number of halogens is 1. The summed E-state index contributed by atoms with van der Waals surface area (Å²) in [5, 5.41) is 21.4. The monoisotopic (exact) mass is 359 g/mol. The van der Waals surface area contributed by atoms with Crippen LogP contribution < -0.4 is 10.1 Å². The Bertz CT molecular complexity index is 557. The Labute approximate surface area is 147 Å². The number of hydrogen-bond acceptors (Lipinski definition) is 5. The van der Waals surface area contributed by atoms with Crippen molar-refractivity contribution in [3.8, 4) is 5.75 Å². The molecule has 1 aromatic rings. The summed E-state index contributed by atoms with van der Waals surface area (Å²) in [5.41, 5.74) is 1.68. The van der Waals surface area contributed by atoms with E-state index in [4.69, 9.17) is 31.3 Å². The van der Waals surface area contributed by atoms with Crippen molar-refractivity contribution in [2.24, 2.45) is 0 Å². The molecule has 0 radical (unpaired) electrons. The fourth-order valence-electron chi connectivity index (χ4n) is 2.25. The number of aliphatic hydroxyl groups excluding tert-OH is 1. The Morgan fingerprint density at radius 1 is 1.33 bits per heavy atom. The van der Waals surface area contributed by atoms with Crippen LogP contribution >= 0.6 is 11.6 Å². The standard InChI is InChI=1S/C17H26ClNO5/c1-17(2,3)12-8-15(24-6-5-23-4)13(18)7-11(12)9-19-14(10-20)16(21)22/h7-8,14,19-20H,5-6,9-10H2,1-4H3,(H,21,22)/t14-/m0/s1. The molecule has 0 saturated heterocycles. The van der Waals surface area contributed by atoms with E-state index in [1.165, 1.54) is 0 Å². The number of ether oxygens (including phenoxy) is 2. The van der Waals surface area contributed by atoms with Gasteiger partial charge in [0.05, 0.1) is 18.2 Å². The number of nitrogens with one attached hydrogen (secondary N) is 1. The van der Waals surface area contributed by atoms with Crippen molar-refractivity contribution in [2.75, 3.05) is 26.9 Å². The maximum Gasteiger partial charge on any atom is 0.323 e. The van der Waals surface area contributed by atoms with Gasteiger partial charge in [-0.1, -0.05) is 32.4 Å². The van der Waals surface area contributed by atoms with Crippen LogP contribution in [-0.2, 0) is 21.5 Å². The van der Waals surface area contributed by atoms with Crippen LogP contribution in [-0.4, -0.2) is 49.2 Å². The van der Waals surface area contributed by atoms with Crippen molar-refractivity contribution < 1.29 is 24.5 Å². The molecule has 1 atom stereocenters. The smallest absolute Gasteiger partial charge is 0.323 e. The molecule has 0 aliphatic heterocycles. The van der Waals surface area contributed by atoms with E-state index in [1.807, 2.05) is 6.07 Å². The average molecular weight is 360 g/mol. The van der Waals surface area contributed by atoms with Gasteiger partial charge in [0.25, 0.3) is 0 Å². The summed E-state index contributed by atoms with van der Waals surface area (Å²) in [6, 6.07) is 2.63. The first-order valence-corrected chi connectivity index (χ1v) is 8.10. The van der Waals surface area contributed by atoms with Gasteiger partial charge in [-0.2, -0.15) is 0 Å². The van der Waals surface area contributed by atoms with Crippen LogP contribution in [0.25, 0.3) is 0 Å². The lowest BCUT2D eigenvalue weighted by Gasteiger charge is -2.25. The lowest BCUT2D eigenvalue weighted by atomic mass is 9.83.